The van der Waals surface area contributed by atoms with Gasteiger partial charge in [0.2, 0.25) is 5.91 Å². The van der Waals surface area contributed by atoms with E-state index in [1.165, 1.54) is 17.8 Å². The highest BCUT2D eigenvalue weighted by Crippen LogP contribution is 2.31. The lowest BCUT2D eigenvalue weighted by atomic mass is 10.2. The smallest absolute Gasteiger partial charge is 0.294 e. The Morgan fingerprint density at radius 2 is 2.08 bits per heavy atom. The van der Waals surface area contributed by atoms with Crippen LogP contribution in [0.5, 0.6) is 0 Å². The second-order valence-corrected chi connectivity index (χ2v) is 7.15. The molecule has 0 aliphatic carbocycles. The molecule has 1 aliphatic rings. The first-order valence-electron chi connectivity index (χ1n) is 7.89. The average molecular weight is 397 g/mol. The number of hydrogen-bond donors (Lipinski definition) is 0. The van der Waals surface area contributed by atoms with E-state index < -0.39 is 4.92 Å². The van der Waals surface area contributed by atoms with Gasteiger partial charge in [0.1, 0.15) is 12.0 Å². The normalized spacial score (nSPS) is 14.5. The van der Waals surface area contributed by atoms with E-state index in [1.807, 2.05) is 11.9 Å². The van der Waals surface area contributed by atoms with E-state index >= 15 is 0 Å². The maximum atomic E-state index is 12.4. The summed E-state index contributed by atoms with van der Waals surface area (Å²) < 4.78 is 1.76. The van der Waals surface area contributed by atoms with Crippen LogP contribution in [0.15, 0.2) is 29.7 Å². The van der Waals surface area contributed by atoms with Crippen molar-refractivity contribution < 1.29 is 9.72 Å². The molecule has 0 saturated carbocycles. The van der Waals surface area contributed by atoms with Crippen molar-refractivity contribution in [2.75, 3.05) is 36.8 Å². The Kier molecular flexibility index (Phi) is 5.62. The molecular weight excluding hydrogens is 380 g/mol. The van der Waals surface area contributed by atoms with Gasteiger partial charge in [0.05, 0.1) is 10.7 Å². The number of carbonyl (C=O) groups excluding carboxylic acids is 1. The predicted molar refractivity (Wildman–Crippen MR) is 98.6 cm³/mol. The monoisotopic (exact) mass is 396 g/mol. The molecule has 2 heterocycles. The Balaban J connectivity index is 1.58. The molecule has 138 valence electrons. The van der Waals surface area contributed by atoms with Crippen LogP contribution in [0.4, 0.5) is 11.4 Å². The molecule has 1 aliphatic heterocycles. The second kappa shape index (κ2) is 7.92. The van der Waals surface area contributed by atoms with Crippen molar-refractivity contribution in [3.05, 3.63) is 39.7 Å². The quantitative estimate of drug-likeness (QED) is 0.432. The Labute approximate surface area is 159 Å². The fourth-order valence-electron chi connectivity index (χ4n) is 2.73. The lowest BCUT2D eigenvalue weighted by Gasteiger charge is -2.35. The molecule has 0 radical (unpaired) electrons. The van der Waals surface area contributed by atoms with Crippen LogP contribution in [0, 0.1) is 10.1 Å². The van der Waals surface area contributed by atoms with Crippen LogP contribution < -0.4 is 4.90 Å². The summed E-state index contributed by atoms with van der Waals surface area (Å²) in [4.78, 5) is 26.9. The van der Waals surface area contributed by atoms with Gasteiger partial charge in [0.15, 0.2) is 5.16 Å². The summed E-state index contributed by atoms with van der Waals surface area (Å²) in [7, 11) is 1.82. The van der Waals surface area contributed by atoms with Crippen LogP contribution in [0.25, 0.3) is 0 Å². The maximum absolute atomic E-state index is 12.4. The number of benzene rings is 1. The SMILES string of the molecule is Cn1cnnc1SCC(=O)N1CCN(c2ccc(Cl)cc2[N+](=O)[O-])CC1. The van der Waals surface area contributed by atoms with Crippen LogP contribution in [0.2, 0.25) is 5.02 Å². The number of amides is 1. The number of aromatic nitrogens is 3. The van der Waals surface area contributed by atoms with Gasteiger partial charge >= 0.3 is 0 Å². The zero-order valence-corrected chi connectivity index (χ0v) is 15.6. The molecule has 9 nitrogen and oxygen atoms in total. The largest absolute Gasteiger partial charge is 0.362 e. The molecule has 1 fully saturated rings. The van der Waals surface area contributed by atoms with Crippen molar-refractivity contribution in [3.8, 4) is 0 Å². The lowest BCUT2D eigenvalue weighted by Crippen LogP contribution is -2.49. The molecule has 0 atom stereocenters. The topological polar surface area (TPSA) is 97.4 Å². The summed E-state index contributed by atoms with van der Waals surface area (Å²) in [6.07, 6.45) is 1.59. The molecule has 0 spiro atoms. The molecule has 1 aromatic carbocycles. The van der Waals surface area contributed by atoms with Crippen LogP contribution in [0.1, 0.15) is 0 Å². The number of halogens is 1. The summed E-state index contributed by atoms with van der Waals surface area (Å²) in [5.74, 6) is 0.302. The number of nitrogens with zero attached hydrogens (tertiary/aromatic N) is 6. The number of anilines is 1. The van der Waals surface area contributed by atoms with Gasteiger partial charge in [0.25, 0.3) is 5.69 Å². The molecule has 26 heavy (non-hydrogen) atoms. The molecule has 1 aromatic heterocycles. The van der Waals surface area contributed by atoms with E-state index in [1.54, 1.807) is 27.9 Å². The third kappa shape index (κ3) is 4.07. The van der Waals surface area contributed by atoms with Crippen LogP contribution >= 0.6 is 23.4 Å². The number of piperazine rings is 1. The van der Waals surface area contributed by atoms with E-state index in [0.29, 0.717) is 42.0 Å². The molecule has 3 rings (SSSR count). The zero-order valence-electron chi connectivity index (χ0n) is 14.0. The highest BCUT2D eigenvalue weighted by Gasteiger charge is 2.26. The predicted octanol–water partition coefficient (Wildman–Crippen LogP) is 1.82. The van der Waals surface area contributed by atoms with E-state index in [2.05, 4.69) is 10.2 Å². The second-order valence-electron chi connectivity index (χ2n) is 5.77. The molecule has 1 saturated heterocycles. The van der Waals surface area contributed by atoms with Crippen molar-refractivity contribution in [1.82, 2.24) is 19.7 Å². The van der Waals surface area contributed by atoms with Crippen LogP contribution in [0.3, 0.4) is 0 Å². The van der Waals surface area contributed by atoms with Gasteiger partial charge in [-0.2, -0.15) is 0 Å². The minimum Gasteiger partial charge on any atom is -0.362 e. The number of aryl methyl sites for hydroxylation is 1. The van der Waals surface area contributed by atoms with Gasteiger partial charge in [-0.1, -0.05) is 23.4 Å². The van der Waals surface area contributed by atoms with Gasteiger partial charge in [-0.3, -0.25) is 14.9 Å². The van der Waals surface area contributed by atoms with Crippen LogP contribution in [-0.4, -0.2) is 62.4 Å². The molecule has 11 heteroatoms. The molecule has 2 aromatic rings. The Hall–Kier alpha value is -2.33. The zero-order chi connectivity index (χ0) is 18.7. The number of nitro groups is 1. The number of nitro benzene ring substituents is 1. The summed E-state index contributed by atoms with van der Waals surface area (Å²) in [6.45, 7) is 2.08. The van der Waals surface area contributed by atoms with E-state index in [-0.39, 0.29) is 17.3 Å². The summed E-state index contributed by atoms with van der Waals surface area (Å²) in [6, 6.07) is 4.65. The molecule has 0 unspecified atom stereocenters. The lowest BCUT2D eigenvalue weighted by molar-refractivity contribution is -0.384. The van der Waals surface area contributed by atoms with Crippen molar-refractivity contribution in [2.24, 2.45) is 7.05 Å². The standard InChI is InChI=1S/C15H17ClN6O3S/c1-19-10-17-18-15(19)26-9-14(23)21-6-4-20(5-7-21)12-3-2-11(16)8-13(12)22(24)25/h2-3,8,10H,4-7,9H2,1H3. The number of carbonyl (C=O) groups is 1. The Morgan fingerprint density at radius 1 is 1.35 bits per heavy atom. The van der Waals surface area contributed by atoms with E-state index in [4.69, 9.17) is 11.6 Å². The van der Waals surface area contributed by atoms with Gasteiger partial charge in [-0.25, -0.2) is 0 Å². The fraction of sp³-hybridized carbons (Fsp3) is 0.400. The van der Waals surface area contributed by atoms with Crippen molar-refractivity contribution >= 4 is 40.6 Å². The summed E-state index contributed by atoms with van der Waals surface area (Å²) >= 11 is 7.20. The first-order valence-corrected chi connectivity index (χ1v) is 9.25. The molecule has 1 amide bonds. The maximum Gasteiger partial charge on any atom is 0.294 e. The number of hydrogen-bond acceptors (Lipinski definition) is 7. The minimum absolute atomic E-state index is 0.0169. The highest BCUT2D eigenvalue weighted by atomic mass is 35.5. The molecule has 0 bridgehead atoms. The van der Waals surface area contributed by atoms with E-state index in [0.717, 1.165) is 0 Å². The summed E-state index contributed by atoms with van der Waals surface area (Å²) in [5.41, 5.74) is 0.509. The molecular formula is C15H17ClN6O3S. The Bertz CT molecular complexity index is 821. The first kappa shape index (κ1) is 18.5. The number of thioether (sulfide) groups is 1. The van der Waals surface area contributed by atoms with Crippen molar-refractivity contribution in [1.29, 1.82) is 0 Å². The first-order chi connectivity index (χ1) is 12.5. The van der Waals surface area contributed by atoms with Gasteiger partial charge in [-0.05, 0) is 12.1 Å². The third-order valence-corrected chi connectivity index (χ3v) is 5.36. The third-order valence-electron chi connectivity index (χ3n) is 4.10. The van der Waals surface area contributed by atoms with Crippen LogP contribution in [-0.2, 0) is 11.8 Å². The Morgan fingerprint density at radius 3 is 2.69 bits per heavy atom. The van der Waals surface area contributed by atoms with Crippen molar-refractivity contribution in [3.63, 3.8) is 0 Å². The summed E-state index contributed by atoms with van der Waals surface area (Å²) in [5, 5.41) is 20.0. The molecule has 0 N–H and O–H groups in total. The van der Waals surface area contributed by atoms with Gasteiger partial charge < -0.3 is 14.4 Å². The fourth-order valence-corrected chi connectivity index (χ4v) is 3.68. The van der Waals surface area contributed by atoms with E-state index in [9.17, 15) is 14.9 Å². The average Bonchev–Trinajstić information content (AvgIpc) is 3.04. The van der Waals surface area contributed by atoms with Gasteiger partial charge in [0, 0.05) is 44.3 Å². The highest BCUT2D eigenvalue weighted by molar-refractivity contribution is 7.99. The van der Waals surface area contributed by atoms with Gasteiger partial charge in [-0.15, -0.1) is 10.2 Å². The minimum atomic E-state index is -0.434. The van der Waals surface area contributed by atoms with Crippen molar-refractivity contribution in [2.45, 2.75) is 5.16 Å². The number of rotatable bonds is 5.